The molecule has 4 rings (SSSR count). The maximum absolute atomic E-state index is 9.33. The summed E-state index contributed by atoms with van der Waals surface area (Å²) < 4.78 is 17.3. The molecule has 3 heterocycles. The van der Waals surface area contributed by atoms with Crippen molar-refractivity contribution in [3.63, 3.8) is 0 Å². The van der Waals surface area contributed by atoms with E-state index < -0.39 is 0 Å². The summed E-state index contributed by atoms with van der Waals surface area (Å²) in [6.07, 6.45) is 4.94. The summed E-state index contributed by atoms with van der Waals surface area (Å²) >= 11 is 0. The molecule has 9 nitrogen and oxygen atoms in total. The zero-order chi connectivity index (χ0) is 21.6. The van der Waals surface area contributed by atoms with Gasteiger partial charge in [0.25, 0.3) is 0 Å². The Kier molecular flexibility index (Phi) is 6.31. The molecule has 0 unspecified atom stereocenters. The smallest absolute Gasteiger partial charge is 0.226 e. The second kappa shape index (κ2) is 9.47. The van der Waals surface area contributed by atoms with E-state index in [1.807, 2.05) is 0 Å². The Labute approximate surface area is 179 Å². The fraction of sp³-hybridized carbons (Fsp3) is 0.318. The van der Waals surface area contributed by atoms with Gasteiger partial charge >= 0.3 is 0 Å². The molecular weight excluding hydrogens is 396 g/mol. The number of hydrogen-bond donors (Lipinski definition) is 1. The molecule has 3 aromatic rings. The highest BCUT2D eigenvalue weighted by atomic mass is 16.6. The number of hydrogen-bond acceptors (Lipinski definition) is 9. The van der Waals surface area contributed by atoms with Gasteiger partial charge in [-0.05, 0) is 43.7 Å². The van der Waals surface area contributed by atoms with Gasteiger partial charge in [-0.25, -0.2) is 9.97 Å². The molecular formula is C22H22N6O3. The average Bonchev–Trinajstić information content (AvgIpc) is 3.27. The topological polar surface area (TPSA) is 129 Å². The summed E-state index contributed by atoms with van der Waals surface area (Å²) in [6.45, 7) is 3.49. The van der Waals surface area contributed by atoms with Crippen LogP contribution in [0.1, 0.15) is 23.4 Å². The van der Waals surface area contributed by atoms with Crippen molar-refractivity contribution < 1.29 is 14.2 Å². The first kappa shape index (κ1) is 20.7. The van der Waals surface area contributed by atoms with E-state index >= 15 is 0 Å². The van der Waals surface area contributed by atoms with Gasteiger partial charge in [0.05, 0.1) is 36.5 Å². The van der Waals surface area contributed by atoms with Crippen LogP contribution in [0.25, 0.3) is 11.4 Å². The molecule has 0 amide bonds. The molecule has 31 heavy (non-hydrogen) atoms. The molecule has 2 N–H and O–H groups in total. The highest BCUT2D eigenvalue weighted by molar-refractivity contribution is 5.66. The Bertz CT molecular complexity index is 1090. The lowest BCUT2D eigenvalue weighted by Crippen LogP contribution is -2.16. The van der Waals surface area contributed by atoms with E-state index in [2.05, 4.69) is 26.0 Å². The first-order chi connectivity index (χ1) is 15.1. The van der Waals surface area contributed by atoms with E-state index in [1.54, 1.807) is 43.6 Å². The quantitative estimate of drug-likeness (QED) is 0.615. The van der Waals surface area contributed by atoms with Crippen LogP contribution in [0.2, 0.25) is 0 Å². The number of aromatic nitrogens is 4. The van der Waals surface area contributed by atoms with E-state index in [1.165, 1.54) is 0 Å². The van der Waals surface area contributed by atoms with Crippen molar-refractivity contribution in [2.75, 3.05) is 19.8 Å². The molecule has 0 radical (unpaired) electrons. The summed E-state index contributed by atoms with van der Waals surface area (Å²) in [5, 5.41) is 9.33. The normalized spacial score (nSPS) is 15.5. The van der Waals surface area contributed by atoms with Gasteiger partial charge in [-0.1, -0.05) is 0 Å². The molecule has 1 saturated heterocycles. The summed E-state index contributed by atoms with van der Waals surface area (Å²) in [5.74, 6) is 2.12. The van der Waals surface area contributed by atoms with Gasteiger partial charge in [0, 0.05) is 18.8 Å². The first-order valence-corrected chi connectivity index (χ1v) is 9.98. The zero-order valence-electron chi connectivity index (χ0n) is 17.1. The third-order valence-electron chi connectivity index (χ3n) is 4.67. The van der Waals surface area contributed by atoms with Crippen LogP contribution in [-0.2, 0) is 11.2 Å². The van der Waals surface area contributed by atoms with Crippen molar-refractivity contribution >= 4 is 0 Å². The van der Waals surface area contributed by atoms with Crippen LogP contribution in [0.5, 0.6) is 17.5 Å². The fourth-order valence-electron chi connectivity index (χ4n) is 3.17. The molecule has 1 aliphatic heterocycles. The van der Waals surface area contributed by atoms with Gasteiger partial charge in [-0.2, -0.15) is 15.2 Å². The van der Waals surface area contributed by atoms with Gasteiger partial charge in [0.15, 0.2) is 5.82 Å². The minimum atomic E-state index is -0.0416. The van der Waals surface area contributed by atoms with Crippen molar-refractivity contribution in [3.05, 3.63) is 53.6 Å². The number of nitrogens with two attached hydrogens (primary N) is 1. The van der Waals surface area contributed by atoms with Crippen molar-refractivity contribution in [1.29, 1.82) is 5.26 Å². The maximum Gasteiger partial charge on any atom is 0.226 e. The summed E-state index contributed by atoms with van der Waals surface area (Å²) in [5.41, 5.74) is 7.63. The van der Waals surface area contributed by atoms with Crippen LogP contribution in [0.3, 0.4) is 0 Å². The van der Waals surface area contributed by atoms with Crippen molar-refractivity contribution in [1.82, 2.24) is 19.9 Å². The first-order valence-electron chi connectivity index (χ1n) is 9.98. The van der Waals surface area contributed by atoms with Crippen LogP contribution < -0.4 is 15.2 Å². The van der Waals surface area contributed by atoms with Gasteiger partial charge in [-0.3, -0.25) is 0 Å². The zero-order valence-corrected chi connectivity index (χ0v) is 17.1. The lowest BCUT2D eigenvalue weighted by atomic mass is 10.1. The van der Waals surface area contributed by atoms with Crippen molar-refractivity contribution in [3.8, 4) is 35.0 Å². The summed E-state index contributed by atoms with van der Waals surface area (Å²) in [6, 6.07) is 8.83. The standard InChI is InChI=1S/C22H22N6O3/c1-14-27-20(30-17-5-7-29-13-17)9-21(28-14)31-19-8-15(10-24)2-3-18(19)22-25-11-16(4-6-23)12-26-22/h2-3,8-9,11-12,17H,4-7,13,23H2,1H3/t17-/m0/s1. The largest absolute Gasteiger partial charge is 0.472 e. The van der Waals surface area contributed by atoms with Crippen molar-refractivity contribution in [2.45, 2.75) is 25.9 Å². The highest BCUT2D eigenvalue weighted by Crippen LogP contribution is 2.33. The molecule has 0 aliphatic carbocycles. The van der Waals surface area contributed by atoms with Crippen molar-refractivity contribution in [2.24, 2.45) is 5.73 Å². The van der Waals surface area contributed by atoms with Gasteiger partial charge in [0.1, 0.15) is 17.7 Å². The second-order valence-electron chi connectivity index (χ2n) is 7.07. The number of nitriles is 1. The summed E-state index contributed by atoms with van der Waals surface area (Å²) in [4.78, 5) is 17.5. The number of rotatable bonds is 7. The highest BCUT2D eigenvalue weighted by Gasteiger charge is 2.19. The Morgan fingerprint density at radius 3 is 2.71 bits per heavy atom. The molecule has 0 spiro atoms. The Balaban J connectivity index is 1.64. The third-order valence-corrected chi connectivity index (χ3v) is 4.67. The molecule has 1 fully saturated rings. The maximum atomic E-state index is 9.33. The number of ether oxygens (including phenoxy) is 3. The Hall–Kier alpha value is -3.61. The number of aryl methyl sites for hydroxylation is 1. The Morgan fingerprint density at radius 1 is 1.19 bits per heavy atom. The lowest BCUT2D eigenvalue weighted by Gasteiger charge is -2.14. The molecule has 158 valence electrons. The van der Waals surface area contributed by atoms with E-state index in [4.69, 9.17) is 19.9 Å². The Morgan fingerprint density at radius 2 is 2.00 bits per heavy atom. The van der Waals surface area contributed by atoms with Crippen LogP contribution in [0.15, 0.2) is 36.7 Å². The van der Waals surface area contributed by atoms with E-state index in [0.29, 0.717) is 66.5 Å². The minimum absolute atomic E-state index is 0.0416. The molecule has 2 aromatic heterocycles. The van der Waals surface area contributed by atoms with Gasteiger partial charge in [-0.15, -0.1) is 0 Å². The van der Waals surface area contributed by atoms with Crippen LogP contribution in [-0.4, -0.2) is 45.8 Å². The van der Waals surface area contributed by atoms with Crippen LogP contribution >= 0.6 is 0 Å². The molecule has 1 aromatic carbocycles. The number of nitrogens with zero attached hydrogens (tertiary/aromatic N) is 5. The number of benzene rings is 1. The lowest BCUT2D eigenvalue weighted by molar-refractivity contribution is 0.137. The molecule has 0 saturated carbocycles. The van der Waals surface area contributed by atoms with Gasteiger partial charge < -0.3 is 19.9 Å². The summed E-state index contributed by atoms with van der Waals surface area (Å²) in [7, 11) is 0. The minimum Gasteiger partial charge on any atom is -0.472 e. The van der Waals surface area contributed by atoms with E-state index in [0.717, 1.165) is 12.0 Å². The van der Waals surface area contributed by atoms with Crippen LogP contribution in [0, 0.1) is 18.3 Å². The third kappa shape index (κ3) is 5.12. The van der Waals surface area contributed by atoms with Crippen LogP contribution in [0.4, 0.5) is 0 Å². The van der Waals surface area contributed by atoms with E-state index in [-0.39, 0.29) is 6.10 Å². The molecule has 1 aliphatic rings. The second-order valence-corrected chi connectivity index (χ2v) is 7.07. The fourth-order valence-corrected chi connectivity index (χ4v) is 3.17. The predicted octanol–water partition coefficient (Wildman–Crippen LogP) is 2.57. The molecule has 9 heteroatoms. The molecule has 1 atom stereocenters. The molecule has 0 bridgehead atoms. The average molecular weight is 418 g/mol. The van der Waals surface area contributed by atoms with Gasteiger partial charge in [0.2, 0.25) is 11.8 Å². The predicted molar refractivity (Wildman–Crippen MR) is 112 cm³/mol. The SMILES string of the molecule is Cc1nc(Oc2cc(C#N)ccc2-c2ncc(CCN)cn2)cc(O[C@H]2CCOC2)n1. The monoisotopic (exact) mass is 418 g/mol. The van der Waals surface area contributed by atoms with E-state index in [9.17, 15) is 5.26 Å².